The van der Waals surface area contributed by atoms with Gasteiger partial charge >= 0.3 is 11.7 Å². The molecular formula is C18H15NO5. The van der Waals surface area contributed by atoms with E-state index in [2.05, 4.69) is 11.8 Å². The fraction of sp³-hybridized carbons (Fsp3) is 0.167. The summed E-state index contributed by atoms with van der Waals surface area (Å²) in [5.74, 6) is 4.50. The molecule has 0 amide bonds. The highest BCUT2D eigenvalue weighted by atomic mass is 16.6. The molecule has 2 rings (SSSR count). The summed E-state index contributed by atoms with van der Waals surface area (Å²) in [7, 11) is 0. The Morgan fingerprint density at radius 2 is 1.88 bits per heavy atom. The van der Waals surface area contributed by atoms with E-state index in [1.54, 1.807) is 13.8 Å². The number of hydrogen-bond donors (Lipinski definition) is 1. The number of nitrogens with zero attached hydrogens (tertiary/aromatic N) is 1. The number of nitro groups is 1. The maximum absolute atomic E-state index is 11.1. The van der Waals surface area contributed by atoms with Gasteiger partial charge in [0.25, 0.3) is 0 Å². The number of aromatic carboxylic acids is 1. The molecule has 0 aliphatic rings. The molecule has 0 radical (unpaired) electrons. The number of carboxylic acid groups (broad SMARTS) is 1. The molecule has 122 valence electrons. The van der Waals surface area contributed by atoms with Gasteiger partial charge in [-0.2, -0.15) is 0 Å². The highest BCUT2D eigenvalue weighted by molar-refractivity contribution is 5.88. The second kappa shape index (κ2) is 6.84. The zero-order valence-corrected chi connectivity index (χ0v) is 13.1. The molecule has 0 saturated carbocycles. The largest absolute Gasteiger partial charge is 0.478 e. The van der Waals surface area contributed by atoms with Gasteiger partial charge < -0.3 is 9.84 Å². The van der Waals surface area contributed by atoms with Crippen LogP contribution in [0.3, 0.4) is 0 Å². The van der Waals surface area contributed by atoms with Crippen molar-refractivity contribution in [1.29, 1.82) is 0 Å². The van der Waals surface area contributed by atoms with Crippen molar-refractivity contribution in [3.05, 3.63) is 69.8 Å². The average molecular weight is 325 g/mol. The third-order valence-electron chi connectivity index (χ3n) is 3.05. The minimum Gasteiger partial charge on any atom is -0.478 e. The molecule has 0 atom stereocenters. The van der Waals surface area contributed by atoms with Crippen molar-refractivity contribution >= 4 is 11.7 Å². The Bertz CT molecular complexity index is 831. The number of nitro benzene ring substituents is 1. The summed E-state index contributed by atoms with van der Waals surface area (Å²) in [4.78, 5) is 21.5. The monoisotopic (exact) mass is 325 g/mol. The van der Waals surface area contributed by atoms with Gasteiger partial charge in [0.2, 0.25) is 0 Å². The maximum Gasteiger partial charge on any atom is 0.335 e. The predicted molar refractivity (Wildman–Crippen MR) is 88.1 cm³/mol. The van der Waals surface area contributed by atoms with E-state index in [1.165, 1.54) is 0 Å². The van der Waals surface area contributed by atoms with Gasteiger partial charge in [-0.15, -0.1) is 0 Å². The molecule has 0 unspecified atom stereocenters. The van der Waals surface area contributed by atoms with Crippen LogP contribution < -0.4 is 4.74 Å². The van der Waals surface area contributed by atoms with Crippen LogP contribution in [0.25, 0.3) is 0 Å². The fourth-order valence-electron chi connectivity index (χ4n) is 1.92. The molecular weight excluding hydrogens is 310 g/mol. The van der Waals surface area contributed by atoms with Crippen LogP contribution in [-0.2, 0) is 0 Å². The predicted octanol–water partition coefficient (Wildman–Crippen LogP) is 3.50. The van der Waals surface area contributed by atoms with E-state index < -0.39 is 16.5 Å². The topological polar surface area (TPSA) is 89.7 Å². The van der Waals surface area contributed by atoms with E-state index in [4.69, 9.17) is 9.84 Å². The minimum absolute atomic E-state index is 0.0950. The van der Waals surface area contributed by atoms with Crippen LogP contribution in [0.4, 0.5) is 5.69 Å². The summed E-state index contributed by atoms with van der Waals surface area (Å²) in [6.07, 6.45) is 0. The Kier molecular flexibility index (Phi) is 4.85. The first-order valence-corrected chi connectivity index (χ1v) is 7.07. The van der Waals surface area contributed by atoms with Gasteiger partial charge in [0.1, 0.15) is 0 Å². The molecule has 0 fully saturated rings. The molecule has 0 spiro atoms. The molecule has 2 aromatic carbocycles. The molecule has 0 heterocycles. The van der Waals surface area contributed by atoms with E-state index in [0.717, 1.165) is 23.8 Å². The first kappa shape index (κ1) is 17.0. The van der Waals surface area contributed by atoms with Gasteiger partial charge in [0.05, 0.1) is 10.5 Å². The van der Waals surface area contributed by atoms with E-state index in [9.17, 15) is 14.9 Å². The van der Waals surface area contributed by atoms with E-state index >= 15 is 0 Å². The summed E-state index contributed by atoms with van der Waals surface area (Å²) in [5.41, 5.74) is -0.669. The number of carbonyl (C=O) groups is 1. The first-order valence-electron chi connectivity index (χ1n) is 7.07. The number of benzene rings is 2. The Hall–Kier alpha value is -3.33. The van der Waals surface area contributed by atoms with Crippen molar-refractivity contribution in [2.45, 2.75) is 19.4 Å². The lowest BCUT2D eigenvalue weighted by molar-refractivity contribution is -0.386. The van der Waals surface area contributed by atoms with Crippen LogP contribution in [-0.4, -0.2) is 21.6 Å². The minimum atomic E-state index is -1.19. The lowest BCUT2D eigenvalue weighted by Crippen LogP contribution is -2.26. The van der Waals surface area contributed by atoms with Crippen molar-refractivity contribution in [1.82, 2.24) is 0 Å². The van der Waals surface area contributed by atoms with Crippen LogP contribution in [0, 0.1) is 22.0 Å². The van der Waals surface area contributed by atoms with Gasteiger partial charge in [-0.1, -0.05) is 30.0 Å². The lowest BCUT2D eigenvalue weighted by atomic mass is 10.1. The Morgan fingerprint density at radius 3 is 2.46 bits per heavy atom. The van der Waals surface area contributed by atoms with Crippen LogP contribution in [0.2, 0.25) is 0 Å². The molecule has 0 bridgehead atoms. The van der Waals surface area contributed by atoms with Gasteiger partial charge in [-0.3, -0.25) is 10.1 Å². The SMILES string of the molecule is CC(C)(C#Cc1ccccc1)Oc1cc(C(=O)O)ccc1[N+](=O)[O-]. The second-order valence-corrected chi connectivity index (χ2v) is 5.47. The standard InChI is InChI=1S/C18H15NO5/c1-18(2,11-10-13-6-4-3-5-7-13)24-16-12-14(17(20)21)8-9-15(16)19(22)23/h3-9,12H,1-2H3,(H,20,21). The smallest absolute Gasteiger partial charge is 0.335 e. The molecule has 24 heavy (non-hydrogen) atoms. The maximum atomic E-state index is 11.1. The molecule has 0 aromatic heterocycles. The van der Waals surface area contributed by atoms with Crippen LogP contribution in [0.5, 0.6) is 5.75 Å². The first-order chi connectivity index (χ1) is 11.3. The average Bonchev–Trinajstić information content (AvgIpc) is 2.53. The summed E-state index contributed by atoms with van der Waals surface area (Å²) in [6, 6.07) is 12.6. The number of carboxylic acids is 1. The van der Waals surface area contributed by atoms with Crippen LogP contribution in [0.15, 0.2) is 48.5 Å². The fourth-order valence-corrected chi connectivity index (χ4v) is 1.92. The van der Waals surface area contributed by atoms with E-state index in [1.807, 2.05) is 30.3 Å². The Labute approximate surface area is 138 Å². The highest BCUT2D eigenvalue weighted by Gasteiger charge is 2.24. The van der Waals surface area contributed by atoms with Crippen molar-refractivity contribution in [3.63, 3.8) is 0 Å². The van der Waals surface area contributed by atoms with Gasteiger partial charge in [-0.05, 0) is 32.0 Å². The van der Waals surface area contributed by atoms with E-state index in [-0.39, 0.29) is 17.0 Å². The number of rotatable bonds is 4. The van der Waals surface area contributed by atoms with Crippen molar-refractivity contribution in [2.24, 2.45) is 0 Å². The lowest BCUT2D eigenvalue weighted by Gasteiger charge is -2.20. The zero-order chi connectivity index (χ0) is 17.7. The van der Waals surface area contributed by atoms with Gasteiger partial charge in [-0.25, -0.2) is 4.79 Å². The normalized spacial score (nSPS) is 10.4. The molecule has 2 aromatic rings. The summed E-state index contributed by atoms with van der Waals surface area (Å²) in [6.45, 7) is 3.31. The van der Waals surface area contributed by atoms with Crippen molar-refractivity contribution in [2.75, 3.05) is 0 Å². The summed E-state index contributed by atoms with van der Waals surface area (Å²) in [5, 5.41) is 20.1. The Morgan fingerprint density at radius 1 is 1.21 bits per heavy atom. The highest BCUT2D eigenvalue weighted by Crippen LogP contribution is 2.31. The van der Waals surface area contributed by atoms with E-state index in [0.29, 0.717) is 0 Å². The van der Waals surface area contributed by atoms with Crippen LogP contribution >= 0.6 is 0 Å². The third-order valence-corrected chi connectivity index (χ3v) is 3.05. The second-order valence-electron chi connectivity index (χ2n) is 5.47. The third kappa shape index (κ3) is 4.34. The molecule has 1 N–H and O–H groups in total. The van der Waals surface area contributed by atoms with Crippen LogP contribution in [0.1, 0.15) is 29.8 Å². The number of hydrogen-bond acceptors (Lipinski definition) is 4. The summed E-state index contributed by atoms with van der Waals surface area (Å²) >= 11 is 0. The van der Waals surface area contributed by atoms with Crippen molar-refractivity contribution < 1.29 is 19.6 Å². The van der Waals surface area contributed by atoms with Gasteiger partial charge in [0, 0.05) is 17.7 Å². The molecule has 0 aliphatic carbocycles. The Balaban J connectivity index is 2.34. The van der Waals surface area contributed by atoms with Crippen molar-refractivity contribution in [3.8, 4) is 17.6 Å². The molecule has 0 aliphatic heterocycles. The summed E-state index contributed by atoms with van der Waals surface area (Å²) < 4.78 is 5.63. The quantitative estimate of drug-likeness (QED) is 0.528. The molecule has 0 saturated heterocycles. The molecule has 6 heteroatoms. The van der Waals surface area contributed by atoms with Gasteiger partial charge in [0.15, 0.2) is 11.4 Å². The molecule has 6 nitrogen and oxygen atoms in total. The number of ether oxygens (including phenoxy) is 1. The zero-order valence-electron chi connectivity index (χ0n) is 13.1.